The van der Waals surface area contributed by atoms with Gasteiger partial charge in [-0.05, 0) is 54.8 Å². The van der Waals surface area contributed by atoms with E-state index in [1.54, 1.807) is 21.9 Å². The lowest BCUT2D eigenvalue weighted by molar-refractivity contribution is -0.141. The summed E-state index contributed by atoms with van der Waals surface area (Å²) in [6.07, 6.45) is -3.00. The van der Waals surface area contributed by atoms with E-state index in [0.29, 0.717) is 39.0 Å². The van der Waals surface area contributed by atoms with Crippen LogP contribution in [0, 0.1) is 0 Å². The fourth-order valence-electron chi connectivity index (χ4n) is 6.30. The van der Waals surface area contributed by atoms with E-state index in [2.05, 4.69) is 14.9 Å². The number of aromatic amines is 1. The van der Waals surface area contributed by atoms with Gasteiger partial charge in [-0.2, -0.15) is 13.2 Å². The van der Waals surface area contributed by atoms with Gasteiger partial charge in [-0.25, -0.2) is 9.59 Å². The summed E-state index contributed by atoms with van der Waals surface area (Å²) in [4.78, 5) is 52.0. The Kier molecular flexibility index (Phi) is 9.04. The molecule has 3 N–H and O–H groups in total. The van der Waals surface area contributed by atoms with Gasteiger partial charge < -0.3 is 30.2 Å². The number of imidazole rings is 1. The Morgan fingerprint density at radius 3 is 2.36 bits per heavy atom. The number of rotatable bonds is 6. The van der Waals surface area contributed by atoms with Crippen molar-refractivity contribution >= 4 is 46.0 Å². The number of nitrogens with one attached hydrogen (secondary N) is 1. The third-order valence-electron chi connectivity index (χ3n) is 8.77. The molecule has 2 saturated heterocycles. The maximum Gasteiger partial charge on any atom is 0.418 e. The number of pyridine rings is 1. The number of likely N-dealkylation sites (tertiary alicyclic amines) is 1. The van der Waals surface area contributed by atoms with E-state index in [-0.39, 0.29) is 41.8 Å². The van der Waals surface area contributed by atoms with E-state index in [9.17, 15) is 27.6 Å². The number of amides is 2. The quantitative estimate of drug-likeness (QED) is 0.284. The number of alkyl halides is 3. The van der Waals surface area contributed by atoms with E-state index in [0.717, 1.165) is 22.8 Å². The third-order valence-corrected chi connectivity index (χ3v) is 9.08. The zero-order valence-corrected chi connectivity index (χ0v) is 26.0. The molecule has 2 amide bonds. The second kappa shape index (κ2) is 13.2. The Labute approximate surface area is 272 Å². The molecule has 15 heteroatoms. The molecule has 0 bridgehead atoms. The molecular formula is C32H33ClF3N7O4. The number of carbonyl (C=O) groups excluding carboxylic acids is 2. The number of anilines is 2. The number of nitrogens with two attached hydrogens (primary N) is 1. The summed E-state index contributed by atoms with van der Waals surface area (Å²) in [7, 11) is 0. The summed E-state index contributed by atoms with van der Waals surface area (Å²) in [5.74, 6) is -0.519. The van der Waals surface area contributed by atoms with Crippen LogP contribution in [-0.2, 0) is 22.1 Å². The van der Waals surface area contributed by atoms with Crippen molar-refractivity contribution in [3.8, 4) is 0 Å². The lowest BCUT2D eigenvalue weighted by atomic mass is 10.0. The maximum atomic E-state index is 13.8. The largest absolute Gasteiger partial charge is 0.436 e. The second-order valence-electron chi connectivity index (χ2n) is 11.7. The lowest BCUT2D eigenvalue weighted by Gasteiger charge is -2.38. The minimum absolute atomic E-state index is 0.0514. The van der Waals surface area contributed by atoms with Crippen molar-refractivity contribution in [2.75, 3.05) is 49.9 Å². The number of nitrogen functional groups attached to an aromatic ring is 1. The predicted octanol–water partition coefficient (Wildman–Crippen LogP) is 4.71. The Hall–Kier alpha value is -4.72. The van der Waals surface area contributed by atoms with Crippen molar-refractivity contribution in [2.45, 2.75) is 37.6 Å². The number of para-hydroxylation sites is 2. The average molecular weight is 672 g/mol. The van der Waals surface area contributed by atoms with Crippen LogP contribution >= 0.6 is 11.6 Å². The highest BCUT2D eigenvalue weighted by molar-refractivity contribution is 6.33. The summed E-state index contributed by atoms with van der Waals surface area (Å²) in [6.45, 7) is 2.15. The highest BCUT2D eigenvalue weighted by atomic mass is 35.5. The normalized spacial score (nSPS) is 16.8. The molecule has 2 aliphatic heterocycles. The number of nitrogens with zero attached hydrogens (tertiary/aromatic N) is 5. The lowest BCUT2D eigenvalue weighted by Crippen LogP contribution is -2.53. The Balaban J connectivity index is 1.18. The van der Waals surface area contributed by atoms with E-state index >= 15 is 0 Å². The Bertz CT molecular complexity index is 1810. The summed E-state index contributed by atoms with van der Waals surface area (Å²) >= 11 is 6.07. The summed E-state index contributed by atoms with van der Waals surface area (Å²) in [5.41, 5.74) is 6.13. The van der Waals surface area contributed by atoms with Crippen molar-refractivity contribution in [3.05, 3.63) is 87.6 Å². The molecule has 0 saturated carbocycles. The van der Waals surface area contributed by atoms with Gasteiger partial charge in [0, 0.05) is 69.8 Å². The van der Waals surface area contributed by atoms with Crippen LogP contribution in [0.25, 0.3) is 11.0 Å². The molecule has 2 aromatic carbocycles. The molecule has 0 aliphatic carbocycles. The first-order valence-electron chi connectivity index (χ1n) is 15.2. The number of aromatic nitrogens is 3. The zero-order valence-electron chi connectivity index (χ0n) is 25.3. The van der Waals surface area contributed by atoms with Crippen LogP contribution in [-0.4, -0.2) is 81.7 Å². The van der Waals surface area contributed by atoms with Crippen molar-refractivity contribution in [1.82, 2.24) is 24.3 Å². The topological polar surface area (TPSA) is 130 Å². The van der Waals surface area contributed by atoms with Crippen LogP contribution < -0.4 is 16.3 Å². The molecule has 248 valence electrons. The van der Waals surface area contributed by atoms with Gasteiger partial charge in [0.1, 0.15) is 0 Å². The molecular weight excluding hydrogens is 639 g/mol. The summed E-state index contributed by atoms with van der Waals surface area (Å²) < 4.78 is 48.7. The fourth-order valence-corrected chi connectivity index (χ4v) is 6.54. The standard InChI is InChI=1S/C32H33ClF3N7O4/c33-24-18-20(17-23(28(24)37)32(34,35)36)19-27(29(44)41-15-13-40(14-16-41)21-5-9-38-10-6-21)47-31(46)42-11-7-22(8-12-42)43-26-4-2-1-3-25(26)39-30(43)45/h1-6,9-10,17-18,22,27H,7-8,11-16,19,37H2,(H,39,45)/t27-/m1/s1. The first-order chi connectivity index (χ1) is 22.5. The number of ether oxygens (including phenoxy) is 1. The van der Waals surface area contributed by atoms with E-state index < -0.39 is 35.5 Å². The molecule has 0 radical (unpaired) electrons. The van der Waals surface area contributed by atoms with Crippen LogP contribution in [0.3, 0.4) is 0 Å². The third kappa shape index (κ3) is 6.87. The van der Waals surface area contributed by atoms with E-state index in [4.69, 9.17) is 22.1 Å². The monoisotopic (exact) mass is 671 g/mol. The molecule has 2 aliphatic rings. The smallest absolute Gasteiger partial charge is 0.418 e. The maximum absolute atomic E-state index is 13.8. The minimum atomic E-state index is -4.78. The second-order valence-corrected chi connectivity index (χ2v) is 12.1. The number of H-pyrrole nitrogens is 1. The van der Waals surface area contributed by atoms with E-state index in [1.165, 1.54) is 11.0 Å². The molecule has 4 heterocycles. The number of fused-ring (bicyclic) bond motifs is 1. The molecule has 1 atom stereocenters. The number of hydrogen-bond acceptors (Lipinski definition) is 7. The fraction of sp³-hybridized carbons (Fsp3) is 0.375. The molecule has 2 fully saturated rings. The van der Waals surface area contributed by atoms with Crippen LogP contribution in [0.2, 0.25) is 5.02 Å². The molecule has 11 nitrogen and oxygen atoms in total. The first kappa shape index (κ1) is 32.2. The molecule has 0 spiro atoms. The number of carbonyl (C=O) groups is 2. The van der Waals surface area contributed by atoms with E-state index in [1.807, 2.05) is 36.4 Å². The van der Waals surface area contributed by atoms with Crippen molar-refractivity contribution in [3.63, 3.8) is 0 Å². The van der Waals surface area contributed by atoms with Gasteiger partial charge in [-0.15, -0.1) is 0 Å². The number of benzene rings is 2. The van der Waals surface area contributed by atoms with Gasteiger partial charge in [0.05, 0.1) is 27.3 Å². The summed E-state index contributed by atoms with van der Waals surface area (Å²) in [6, 6.07) is 13.0. The number of halogens is 4. The van der Waals surface area contributed by atoms with Crippen molar-refractivity contribution < 1.29 is 27.5 Å². The molecule has 6 rings (SSSR count). The van der Waals surface area contributed by atoms with Crippen LogP contribution in [0.15, 0.2) is 65.7 Å². The number of piperazine rings is 1. The van der Waals surface area contributed by atoms with Crippen LogP contribution in [0.5, 0.6) is 0 Å². The molecule has 0 unspecified atom stereocenters. The SMILES string of the molecule is Nc1c(Cl)cc(C[C@@H](OC(=O)N2CCC(n3c(=O)[nH]c4ccccc43)CC2)C(=O)N2CCN(c3ccncc3)CC2)cc1C(F)(F)F. The Morgan fingerprint density at radius 2 is 1.68 bits per heavy atom. The van der Waals surface area contributed by atoms with Crippen molar-refractivity contribution in [1.29, 1.82) is 0 Å². The van der Waals surface area contributed by atoms with Gasteiger partial charge in [0.2, 0.25) is 0 Å². The van der Waals surface area contributed by atoms with Crippen LogP contribution in [0.4, 0.5) is 29.3 Å². The van der Waals surface area contributed by atoms with Gasteiger partial charge >= 0.3 is 18.0 Å². The summed E-state index contributed by atoms with van der Waals surface area (Å²) in [5, 5.41) is -0.312. The molecule has 2 aromatic heterocycles. The van der Waals surface area contributed by atoms with Gasteiger partial charge in [-0.1, -0.05) is 23.7 Å². The zero-order chi connectivity index (χ0) is 33.3. The predicted molar refractivity (Wildman–Crippen MR) is 170 cm³/mol. The van der Waals surface area contributed by atoms with Crippen LogP contribution in [0.1, 0.15) is 30.0 Å². The molecule has 47 heavy (non-hydrogen) atoms. The number of hydrogen-bond donors (Lipinski definition) is 2. The Morgan fingerprint density at radius 1 is 1.00 bits per heavy atom. The average Bonchev–Trinajstić information content (AvgIpc) is 3.41. The number of piperidine rings is 1. The van der Waals surface area contributed by atoms with Gasteiger partial charge in [-0.3, -0.25) is 14.3 Å². The molecule has 4 aromatic rings. The van der Waals surface area contributed by atoms with Gasteiger partial charge in [0.25, 0.3) is 5.91 Å². The van der Waals surface area contributed by atoms with Crippen molar-refractivity contribution in [2.24, 2.45) is 0 Å². The highest BCUT2D eigenvalue weighted by Crippen LogP contribution is 2.38. The highest BCUT2D eigenvalue weighted by Gasteiger charge is 2.37. The minimum Gasteiger partial charge on any atom is -0.436 e. The first-order valence-corrected chi connectivity index (χ1v) is 15.6. The van der Waals surface area contributed by atoms with Gasteiger partial charge in [0.15, 0.2) is 6.10 Å².